The number of hydrogen-bond acceptors (Lipinski definition) is 5. The molecule has 152 valence electrons. The van der Waals surface area contributed by atoms with Crippen molar-refractivity contribution in [3.05, 3.63) is 119 Å². The molecule has 0 atom stereocenters. The highest BCUT2D eigenvalue weighted by Crippen LogP contribution is 2.23. The van der Waals surface area contributed by atoms with E-state index in [1.165, 1.54) is 12.3 Å². The smallest absolute Gasteiger partial charge is 0.209 e. The summed E-state index contributed by atoms with van der Waals surface area (Å²) in [5, 5.41) is 4.58. The molecule has 4 aromatic rings. The van der Waals surface area contributed by atoms with Gasteiger partial charge in [0.2, 0.25) is 5.43 Å². The lowest BCUT2D eigenvalue weighted by atomic mass is 10.0. The molecule has 2 aromatic heterocycles. The Hall–Kier alpha value is -4.32. The van der Waals surface area contributed by atoms with E-state index in [0.29, 0.717) is 11.4 Å². The van der Waals surface area contributed by atoms with Crippen LogP contribution in [0.15, 0.2) is 107 Å². The Kier molecular flexibility index (Phi) is 5.80. The molecule has 0 unspecified atom stereocenters. The van der Waals surface area contributed by atoms with Crippen LogP contribution >= 0.6 is 0 Å². The number of rotatable bonds is 5. The second kappa shape index (κ2) is 9.00. The fourth-order valence-corrected chi connectivity index (χ4v) is 3.25. The SMILES string of the molecule is Cc1cc(-c2cccnc2)ccc1-n1ccc(=O)c(C(C=CN)=Nc2ccccc2)n1. The molecule has 2 aromatic carbocycles. The molecule has 0 bridgehead atoms. The summed E-state index contributed by atoms with van der Waals surface area (Å²) in [6.07, 6.45) is 8.17. The number of pyridine rings is 1. The highest BCUT2D eigenvalue weighted by atomic mass is 16.1. The summed E-state index contributed by atoms with van der Waals surface area (Å²) in [4.78, 5) is 21.3. The van der Waals surface area contributed by atoms with Crippen LogP contribution in [0.3, 0.4) is 0 Å². The van der Waals surface area contributed by atoms with E-state index in [2.05, 4.69) is 21.1 Å². The summed E-state index contributed by atoms with van der Waals surface area (Å²) < 4.78 is 1.68. The lowest BCUT2D eigenvalue weighted by Crippen LogP contribution is -2.20. The van der Waals surface area contributed by atoms with Crippen molar-refractivity contribution in [2.75, 3.05) is 0 Å². The molecule has 0 aliphatic carbocycles. The number of aryl methyl sites for hydroxylation is 1. The lowest BCUT2D eigenvalue weighted by Gasteiger charge is -2.12. The van der Waals surface area contributed by atoms with Gasteiger partial charge in [0.15, 0.2) is 5.69 Å². The molecular weight excluding hydrogens is 386 g/mol. The van der Waals surface area contributed by atoms with Crippen molar-refractivity contribution in [1.82, 2.24) is 14.8 Å². The largest absolute Gasteiger partial charge is 0.405 e. The van der Waals surface area contributed by atoms with Gasteiger partial charge in [-0.2, -0.15) is 5.10 Å². The third-order valence-corrected chi connectivity index (χ3v) is 4.75. The van der Waals surface area contributed by atoms with Crippen LogP contribution in [0.5, 0.6) is 0 Å². The first-order chi connectivity index (χ1) is 15.2. The molecule has 6 heteroatoms. The minimum atomic E-state index is -0.228. The van der Waals surface area contributed by atoms with Crippen LogP contribution in [0.4, 0.5) is 5.69 Å². The first-order valence-electron chi connectivity index (χ1n) is 9.79. The standard InChI is InChI=1S/C25H21N5O/c1-18-16-19(20-6-5-14-27-17-20)9-10-23(18)30-15-12-24(31)25(29-30)22(11-13-26)28-21-7-3-2-4-8-21/h2-17H,26H2,1H3. The predicted molar refractivity (Wildman–Crippen MR) is 124 cm³/mol. The molecule has 0 saturated heterocycles. The van der Waals surface area contributed by atoms with Crippen LogP contribution < -0.4 is 11.2 Å². The van der Waals surface area contributed by atoms with Crippen molar-refractivity contribution in [2.24, 2.45) is 10.7 Å². The van der Waals surface area contributed by atoms with Gasteiger partial charge < -0.3 is 5.73 Å². The molecule has 6 nitrogen and oxygen atoms in total. The van der Waals surface area contributed by atoms with E-state index in [1.807, 2.05) is 67.7 Å². The van der Waals surface area contributed by atoms with Gasteiger partial charge in [0, 0.05) is 24.7 Å². The maximum atomic E-state index is 12.6. The highest BCUT2D eigenvalue weighted by molar-refractivity contribution is 6.08. The van der Waals surface area contributed by atoms with Gasteiger partial charge in [-0.25, -0.2) is 9.67 Å². The van der Waals surface area contributed by atoms with Gasteiger partial charge in [0.25, 0.3) is 0 Å². The Balaban J connectivity index is 1.77. The van der Waals surface area contributed by atoms with Crippen LogP contribution in [0.1, 0.15) is 11.3 Å². The number of para-hydroxylation sites is 1. The molecule has 0 aliphatic heterocycles. The fourth-order valence-electron chi connectivity index (χ4n) is 3.25. The number of allylic oxidation sites excluding steroid dienone is 1. The highest BCUT2D eigenvalue weighted by Gasteiger charge is 2.11. The first-order valence-corrected chi connectivity index (χ1v) is 9.79. The van der Waals surface area contributed by atoms with Gasteiger partial charge in [-0.05, 0) is 66.2 Å². The third-order valence-electron chi connectivity index (χ3n) is 4.75. The van der Waals surface area contributed by atoms with E-state index < -0.39 is 0 Å². The molecule has 0 aliphatic rings. The van der Waals surface area contributed by atoms with Crippen LogP contribution in [0.2, 0.25) is 0 Å². The summed E-state index contributed by atoms with van der Waals surface area (Å²) in [5.41, 5.74) is 10.7. The number of hydrogen-bond donors (Lipinski definition) is 1. The van der Waals surface area contributed by atoms with Crippen molar-refractivity contribution in [1.29, 1.82) is 0 Å². The van der Waals surface area contributed by atoms with Crippen LogP contribution in [-0.4, -0.2) is 20.5 Å². The zero-order chi connectivity index (χ0) is 21.6. The van der Waals surface area contributed by atoms with Crippen LogP contribution in [-0.2, 0) is 0 Å². The topological polar surface area (TPSA) is 86.2 Å². The average molecular weight is 407 g/mol. The Morgan fingerprint density at radius 1 is 1.03 bits per heavy atom. The number of aromatic nitrogens is 3. The quantitative estimate of drug-likeness (QED) is 0.503. The minimum Gasteiger partial charge on any atom is -0.405 e. The normalized spacial score (nSPS) is 11.7. The predicted octanol–water partition coefficient (Wildman–Crippen LogP) is 4.20. The second-order valence-electron chi connectivity index (χ2n) is 6.91. The summed E-state index contributed by atoms with van der Waals surface area (Å²) >= 11 is 0. The minimum absolute atomic E-state index is 0.226. The van der Waals surface area contributed by atoms with E-state index in [0.717, 1.165) is 22.4 Å². The van der Waals surface area contributed by atoms with Crippen molar-refractivity contribution < 1.29 is 0 Å². The van der Waals surface area contributed by atoms with E-state index in [1.54, 1.807) is 23.2 Å². The number of benzene rings is 2. The van der Waals surface area contributed by atoms with E-state index in [9.17, 15) is 4.79 Å². The van der Waals surface area contributed by atoms with Gasteiger partial charge >= 0.3 is 0 Å². The Morgan fingerprint density at radius 2 is 1.87 bits per heavy atom. The van der Waals surface area contributed by atoms with Crippen LogP contribution in [0.25, 0.3) is 16.8 Å². The van der Waals surface area contributed by atoms with Gasteiger partial charge in [0.1, 0.15) is 0 Å². The number of nitrogens with two attached hydrogens (primary N) is 1. The summed E-state index contributed by atoms with van der Waals surface area (Å²) in [6, 6.07) is 20.9. The molecule has 31 heavy (non-hydrogen) atoms. The van der Waals surface area contributed by atoms with Crippen LogP contribution in [0, 0.1) is 6.92 Å². The zero-order valence-electron chi connectivity index (χ0n) is 17.0. The summed E-state index contributed by atoms with van der Waals surface area (Å²) in [5.74, 6) is 0. The van der Waals surface area contributed by atoms with E-state index >= 15 is 0 Å². The molecule has 4 rings (SSSR count). The van der Waals surface area contributed by atoms with Gasteiger partial charge in [0.05, 0.1) is 17.1 Å². The maximum Gasteiger partial charge on any atom is 0.209 e. The first kappa shape index (κ1) is 20.0. The number of nitrogens with zero attached hydrogens (tertiary/aromatic N) is 4. The van der Waals surface area contributed by atoms with Crippen molar-refractivity contribution >= 4 is 11.4 Å². The lowest BCUT2D eigenvalue weighted by molar-refractivity contribution is 0.823. The monoisotopic (exact) mass is 407 g/mol. The van der Waals surface area contributed by atoms with E-state index in [4.69, 9.17) is 5.73 Å². The molecular formula is C25H21N5O. The van der Waals surface area contributed by atoms with Gasteiger partial charge in [-0.15, -0.1) is 0 Å². The molecule has 0 saturated carbocycles. The molecule has 0 fully saturated rings. The molecule has 2 N–H and O–H groups in total. The van der Waals surface area contributed by atoms with E-state index in [-0.39, 0.29) is 11.1 Å². The zero-order valence-corrected chi connectivity index (χ0v) is 17.0. The van der Waals surface area contributed by atoms with Crippen molar-refractivity contribution in [3.8, 4) is 16.8 Å². The second-order valence-corrected chi connectivity index (χ2v) is 6.91. The average Bonchev–Trinajstić information content (AvgIpc) is 2.80. The Labute approximate surface area is 180 Å². The number of aliphatic imine (C=N–C) groups is 1. The summed E-state index contributed by atoms with van der Waals surface area (Å²) in [7, 11) is 0. The third kappa shape index (κ3) is 4.48. The van der Waals surface area contributed by atoms with Crippen molar-refractivity contribution in [2.45, 2.75) is 6.92 Å². The van der Waals surface area contributed by atoms with Crippen molar-refractivity contribution in [3.63, 3.8) is 0 Å². The Bertz CT molecular complexity index is 1310. The van der Waals surface area contributed by atoms with Gasteiger partial charge in [-0.1, -0.05) is 30.3 Å². The molecule has 0 radical (unpaired) electrons. The summed E-state index contributed by atoms with van der Waals surface area (Å²) in [6.45, 7) is 2.01. The molecule has 0 amide bonds. The fraction of sp³-hybridized carbons (Fsp3) is 0.0400. The molecule has 0 spiro atoms. The molecule has 2 heterocycles. The van der Waals surface area contributed by atoms with Gasteiger partial charge in [-0.3, -0.25) is 9.78 Å². The Morgan fingerprint density at radius 3 is 2.58 bits per heavy atom. The maximum absolute atomic E-state index is 12.6.